The van der Waals surface area contributed by atoms with Gasteiger partial charge in [0, 0.05) is 30.4 Å². The minimum Gasteiger partial charge on any atom is -0.339 e. The van der Waals surface area contributed by atoms with Crippen molar-refractivity contribution in [3.63, 3.8) is 0 Å². The molecule has 2 rings (SSSR count). The molecule has 102 valence electrons. The Balaban J connectivity index is 2.12. The minimum atomic E-state index is -0.380. The van der Waals surface area contributed by atoms with Crippen molar-refractivity contribution < 1.29 is 14.0 Å². The van der Waals surface area contributed by atoms with Crippen molar-refractivity contribution in [2.75, 3.05) is 7.05 Å². The van der Waals surface area contributed by atoms with Gasteiger partial charge in [-0.3, -0.25) is 9.59 Å². The first-order valence-electron chi connectivity index (χ1n) is 6.23. The second-order valence-corrected chi connectivity index (χ2v) is 5.66. The standard InChI is InChI=1S/C14H15BrFNO2/c1-17(10-3-5-11(18)6-4-10)14(19)12-7-2-9(16)8-13(12)15/h2,7-8,10H,3-6H2,1H3. The van der Waals surface area contributed by atoms with E-state index in [1.165, 1.54) is 18.2 Å². The lowest BCUT2D eigenvalue weighted by Gasteiger charge is -2.31. The van der Waals surface area contributed by atoms with Crippen LogP contribution in [0.4, 0.5) is 4.39 Å². The highest BCUT2D eigenvalue weighted by atomic mass is 79.9. The van der Waals surface area contributed by atoms with Crippen LogP contribution in [0.3, 0.4) is 0 Å². The van der Waals surface area contributed by atoms with Gasteiger partial charge in [0.05, 0.1) is 5.56 Å². The Morgan fingerprint density at radius 2 is 2.00 bits per heavy atom. The van der Waals surface area contributed by atoms with Gasteiger partial charge in [0.1, 0.15) is 11.6 Å². The van der Waals surface area contributed by atoms with Crippen molar-refractivity contribution >= 4 is 27.6 Å². The molecule has 1 aliphatic carbocycles. The maximum absolute atomic E-state index is 13.0. The SMILES string of the molecule is CN(C(=O)c1ccc(F)cc1Br)C1CCC(=O)CC1. The molecule has 5 heteroatoms. The monoisotopic (exact) mass is 327 g/mol. The average molecular weight is 328 g/mol. The Kier molecular flexibility index (Phi) is 4.34. The van der Waals surface area contributed by atoms with E-state index in [-0.39, 0.29) is 23.5 Å². The van der Waals surface area contributed by atoms with E-state index in [2.05, 4.69) is 15.9 Å². The maximum atomic E-state index is 13.0. The number of hydrogen-bond donors (Lipinski definition) is 0. The van der Waals surface area contributed by atoms with E-state index in [1.54, 1.807) is 11.9 Å². The van der Waals surface area contributed by atoms with E-state index in [0.29, 0.717) is 35.7 Å². The molecule has 1 saturated carbocycles. The first kappa shape index (κ1) is 14.2. The quantitative estimate of drug-likeness (QED) is 0.836. The molecule has 1 aliphatic rings. The van der Waals surface area contributed by atoms with Crippen LogP contribution in [0.15, 0.2) is 22.7 Å². The Labute approximate surface area is 119 Å². The fraction of sp³-hybridized carbons (Fsp3) is 0.429. The normalized spacial score (nSPS) is 16.5. The highest BCUT2D eigenvalue weighted by molar-refractivity contribution is 9.10. The second kappa shape index (κ2) is 5.82. The first-order chi connectivity index (χ1) is 8.99. The Hall–Kier alpha value is -1.23. The van der Waals surface area contributed by atoms with Gasteiger partial charge in [0.15, 0.2) is 0 Å². The van der Waals surface area contributed by atoms with Crippen LogP contribution in [0.25, 0.3) is 0 Å². The Bertz CT molecular complexity index is 508. The van der Waals surface area contributed by atoms with Gasteiger partial charge in [-0.2, -0.15) is 0 Å². The summed E-state index contributed by atoms with van der Waals surface area (Å²) < 4.78 is 13.5. The third kappa shape index (κ3) is 3.21. The summed E-state index contributed by atoms with van der Waals surface area (Å²) in [6.45, 7) is 0. The zero-order valence-corrected chi connectivity index (χ0v) is 12.2. The predicted molar refractivity (Wildman–Crippen MR) is 73.5 cm³/mol. The smallest absolute Gasteiger partial charge is 0.254 e. The molecule has 1 fully saturated rings. The summed E-state index contributed by atoms with van der Waals surface area (Å²) in [4.78, 5) is 25.2. The Morgan fingerprint density at radius 1 is 1.37 bits per heavy atom. The van der Waals surface area contributed by atoms with Gasteiger partial charge in [-0.25, -0.2) is 4.39 Å². The van der Waals surface area contributed by atoms with E-state index in [1.807, 2.05) is 0 Å². The number of Topliss-reactive ketones (excluding diaryl/α,β-unsaturated/α-hetero) is 1. The molecule has 19 heavy (non-hydrogen) atoms. The lowest BCUT2D eigenvalue weighted by Crippen LogP contribution is -2.39. The number of halogens is 2. The molecule has 0 spiro atoms. The van der Waals surface area contributed by atoms with Crippen LogP contribution >= 0.6 is 15.9 Å². The van der Waals surface area contributed by atoms with Crippen molar-refractivity contribution in [2.45, 2.75) is 31.7 Å². The first-order valence-corrected chi connectivity index (χ1v) is 7.02. The van der Waals surface area contributed by atoms with Crippen LogP contribution in [-0.2, 0) is 4.79 Å². The number of rotatable bonds is 2. The van der Waals surface area contributed by atoms with Crippen molar-refractivity contribution in [1.82, 2.24) is 4.90 Å². The van der Waals surface area contributed by atoms with E-state index >= 15 is 0 Å². The zero-order chi connectivity index (χ0) is 14.0. The third-order valence-corrected chi connectivity index (χ3v) is 4.20. The largest absolute Gasteiger partial charge is 0.339 e. The minimum absolute atomic E-state index is 0.0853. The fourth-order valence-electron chi connectivity index (χ4n) is 2.33. The summed E-state index contributed by atoms with van der Waals surface area (Å²) in [7, 11) is 1.73. The predicted octanol–water partition coefficient (Wildman–Crippen LogP) is 3.17. The van der Waals surface area contributed by atoms with Crippen molar-refractivity contribution in [1.29, 1.82) is 0 Å². The van der Waals surface area contributed by atoms with Gasteiger partial charge in [-0.1, -0.05) is 0 Å². The molecule has 0 N–H and O–H groups in total. The number of benzene rings is 1. The molecule has 1 amide bonds. The van der Waals surface area contributed by atoms with Crippen LogP contribution in [0, 0.1) is 5.82 Å². The molecule has 0 radical (unpaired) electrons. The van der Waals surface area contributed by atoms with Crippen LogP contribution in [0.2, 0.25) is 0 Å². The van der Waals surface area contributed by atoms with Crippen LogP contribution in [0.5, 0.6) is 0 Å². The third-order valence-electron chi connectivity index (χ3n) is 3.54. The van der Waals surface area contributed by atoms with E-state index in [9.17, 15) is 14.0 Å². The molecule has 0 aromatic heterocycles. The number of nitrogens with zero attached hydrogens (tertiary/aromatic N) is 1. The molecular weight excluding hydrogens is 313 g/mol. The van der Waals surface area contributed by atoms with Crippen molar-refractivity contribution in [3.8, 4) is 0 Å². The Morgan fingerprint density at radius 3 is 2.58 bits per heavy atom. The van der Waals surface area contributed by atoms with Crippen molar-refractivity contribution in [3.05, 3.63) is 34.1 Å². The number of carbonyl (C=O) groups is 2. The number of ketones is 1. The van der Waals surface area contributed by atoms with E-state index < -0.39 is 0 Å². The van der Waals surface area contributed by atoms with Gasteiger partial charge in [0.2, 0.25) is 0 Å². The average Bonchev–Trinajstić information content (AvgIpc) is 2.38. The molecule has 3 nitrogen and oxygen atoms in total. The number of amides is 1. The number of hydrogen-bond acceptors (Lipinski definition) is 2. The maximum Gasteiger partial charge on any atom is 0.254 e. The topological polar surface area (TPSA) is 37.4 Å². The molecule has 0 bridgehead atoms. The van der Waals surface area contributed by atoms with Gasteiger partial charge >= 0.3 is 0 Å². The van der Waals surface area contributed by atoms with Gasteiger partial charge < -0.3 is 4.90 Å². The molecular formula is C14H15BrFNO2. The molecule has 0 atom stereocenters. The van der Waals surface area contributed by atoms with Gasteiger partial charge in [-0.15, -0.1) is 0 Å². The lowest BCUT2D eigenvalue weighted by molar-refractivity contribution is -0.121. The van der Waals surface area contributed by atoms with Crippen molar-refractivity contribution in [2.24, 2.45) is 0 Å². The highest BCUT2D eigenvalue weighted by Crippen LogP contribution is 2.24. The van der Waals surface area contributed by atoms with Crippen LogP contribution in [-0.4, -0.2) is 29.7 Å². The highest BCUT2D eigenvalue weighted by Gasteiger charge is 2.26. The summed E-state index contributed by atoms with van der Waals surface area (Å²) in [6, 6.07) is 4.12. The zero-order valence-electron chi connectivity index (χ0n) is 10.7. The molecule has 1 aromatic carbocycles. The molecule has 0 saturated heterocycles. The summed E-state index contributed by atoms with van der Waals surface area (Å²) >= 11 is 3.21. The van der Waals surface area contributed by atoms with Crippen LogP contribution < -0.4 is 0 Å². The molecule has 0 heterocycles. The summed E-state index contributed by atoms with van der Waals surface area (Å²) in [5.74, 6) is -0.263. The molecule has 0 unspecified atom stereocenters. The van der Waals surface area contributed by atoms with E-state index in [4.69, 9.17) is 0 Å². The lowest BCUT2D eigenvalue weighted by atomic mass is 9.93. The van der Waals surface area contributed by atoms with Gasteiger partial charge in [-0.05, 0) is 47.0 Å². The fourth-order valence-corrected chi connectivity index (χ4v) is 2.85. The summed E-state index contributed by atoms with van der Waals surface area (Å²) in [5.41, 5.74) is 0.445. The van der Waals surface area contributed by atoms with Gasteiger partial charge in [0.25, 0.3) is 5.91 Å². The molecule has 1 aromatic rings. The summed E-state index contributed by atoms with van der Waals surface area (Å²) in [5, 5.41) is 0. The van der Waals surface area contributed by atoms with E-state index in [0.717, 1.165) is 0 Å². The second-order valence-electron chi connectivity index (χ2n) is 4.81. The number of carbonyl (C=O) groups excluding carboxylic acids is 2. The summed E-state index contributed by atoms with van der Waals surface area (Å²) in [6.07, 6.45) is 2.49. The van der Waals surface area contributed by atoms with Crippen LogP contribution in [0.1, 0.15) is 36.0 Å². The molecule has 0 aliphatic heterocycles.